The molecule has 2 heterocycles. The Morgan fingerprint density at radius 3 is 2.62 bits per heavy atom. The molecule has 0 saturated carbocycles. The molecule has 0 aromatic carbocycles. The van der Waals surface area contributed by atoms with E-state index in [4.69, 9.17) is 4.74 Å². The summed E-state index contributed by atoms with van der Waals surface area (Å²) in [4.78, 5) is 11.0. The van der Waals surface area contributed by atoms with Gasteiger partial charge in [-0.1, -0.05) is 13.8 Å². The minimum absolute atomic E-state index is 0.488. The summed E-state index contributed by atoms with van der Waals surface area (Å²) in [5.41, 5.74) is 1.19. The smallest absolute Gasteiger partial charge is 0.225 e. The zero-order valence-corrected chi connectivity index (χ0v) is 10.0. The lowest BCUT2D eigenvalue weighted by molar-refractivity contribution is 0.152. The third kappa shape index (κ3) is 2.70. The Kier molecular flexibility index (Phi) is 3.72. The zero-order valence-electron chi connectivity index (χ0n) is 10.0. The molecule has 2 rings (SSSR count). The van der Waals surface area contributed by atoms with Gasteiger partial charge in [0.2, 0.25) is 5.95 Å². The second-order valence-electron chi connectivity index (χ2n) is 4.42. The summed E-state index contributed by atoms with van der Waals surface area (Å²) in [6, 6.07) is 0. The van der Waals surface area contributed by atoms with E-state index in [0.717, 1.165) is 38.7 Å². The maximum Gasteiger partial charge on any atom is 0.225 e. The summed E-state index contributed by atoms with van der Waals surface area (Å²) in [5.74, 6) is 1.32. The highest BCUT2D eigenvalue weighted by Gasteiger charge is 2.12. The van der Waals surface area contributed by atoms with Crippen LogP contribution in [0.4, 0.5) is 5.95 Å². The molecule has 0 unspecified atom stereocenters. The Labute approximate surface area is 96.7 Å². The van der Waals surface area contributed by atoms with Crippen LogP contribution in [0.15, 0.2) is 12.4 Å². The second-order valence-corrected chi connectivity index (χ2v) is 4.42. The maximum absolute atomic E-state index is 5.41. The molecule has 16 heavy (non-hydrogen) atoms. The fourth-order valence-electron chi connectivity index (χ4n) is 1.74. The minimum Gasteiger partial charge on any atom is -0.380 e. The largest absolute Gasteiger partial charge is 0.380 e. The molecule has 1 fully saturated rings. The van der Waals surface area contributed by atoms with Crippen molar-refractivity contribution in [2.75, 3.05) is 31.2 Å². The number of nitrogens with zero attached hydrogens (tertiary/aromatic N) is 3. The third-order valence-corrected chi connectivity index (χ3v) is 2.83. The van der Waals surface area contributed by atoms with Crippen molar-refractivity contribution in [1.29, 1.82) is 0 Å². The molecule has 4 nitrogen and oxygen atoms in total. The molecule has 0 radical (unpaired) electrons. The minimum atomic E-state index is 0.488. The highest BCUT2D eigenvalue weighted by atomic mass is 16.5. The summed E-state index contributed by atoms with van der Waals surface area (Å²) >= 11 is 0. The van der Waals surface area contributed by atoms with Crippen LogP contribution in [-0.2, 0) is 4.74 Å². The van der Waals surface area contributed by atoms with Crippen molar-refractivity contribution >= 4 is 5.95 Å². The molecule has 1 aromatic heterocycles. The Balaban J connectivity index is 2.07. The van der Waals surface area contributed by atoms with E-state index in [0.29, 0.717) is 5.92 Å². The lowest BCUT2D eigenvalue weighted by Crippen LogP contribution is -2.27. The molecule has 1 aromatic rings. The van der Waals surface area contributed by atoms with Gasteiger partial charge in [-0.25, -0.2) is 9.97 Å². The molecule has 0 aliphatic carbocycles. The standard InChI is InChI=1S/C12H19N3O/c1-10(2)11-8-13-12(14-9-11)15-4-3-6-16-7-5-15/h8-10H,3-7H2,1-2H3. The van der Waals surface area contributed by atoms with Gasteiger partial charge in [-0.15, -0.1) is 0 Å². The van der Waals surface area contributed by atoms with Crippen LogP contribution in [0.5, 0.6) is 0 Å². The molecule has 0 bridgehead atoms. The van der Waals surface area contributed by atoms with Gasteiger partial charge in [0.25, 0.3) is 0 Å². The predicted molar refractivity (Wildman–Crippen MR) is 63.8 cm³/mol. The van der Waals surface area contributed by atoms with Gasteiger partial charge in [-0.05, 0) is 17.9 Å². The number of anilines is 1. The fraction of sp³-hybridized carbons (Fsp3) is 0.667. The van der Waals surface area contributed by atoms with Crippen LogP contribution in [0.2, 0.25) is 0 Å². The van der Waals surface area contributed by atoms with Gasteiger partial charge in [0.05, 0.1) is 6.61 Å². The molecule has 4 heteroatoms. The van der Waals surface area contributed by atoms with E-state index >= 15 is 0 Å². The van der Waals surface area contributed by atoms with Crippen molar-refractivity contribution in [3.63, 3.8) is 0 Å². The first-order valence-electron chi connectivity index (χ1n) is 5.92. The number of hydrogen-bond acceptors (Lipinski definition) is 4. The van der Waals surface area contributed by atoms with Gasteiger partial charge >= 0.3 is 0 Å². The van der Waals surface area contributed by atoms with E-state index in [1.165, 1.54) is 5.56 Å². The SMILES string of the molecule is CC(C)c1cnc(N2CCCOCC2)nc1. The van der Waals surface area contributed by atoms with Crippen LogP contribution in [0.3, 0.4) is 0 Å². The average Bonchev–Trinajstić information content (AvgIpc) is 2.57. The van der Waals surface area contributed by atoms with Crippen molar-refractivity contribution in [1.82, 2.24) is 9.97 Å². The van der Waals surface area contributed by atoms with Gasteiger partial charge in [0.15, 0.2) is 0 Å². The Morgan fingerprint density at radius 1 is 1.19 bits per heavy atom. The summed E-state index contributed by atoms with van der Waals surface area (Å²) in [6.45, 7) is 7.80. The third-order valence-electron chi connectivity index (χ3n) is 2.83. The van der Waals surface area contributed by atoms with Gasteiger partial charge in [-0.2, -0.15) is 0 Å². The fourth-order valence-corrected chi connectivity index (χ4v) is 1.74. The summed E-state index contributed by atoms with van der Waals surface area (Å²) in [7, 11) is 0. The van der Waals surface area contributed by atoms with Crippen molar-refractivity contribution < 1.29 is 4.74 Å². The summed E-state index contributed by atoms with van der Waals surface area (Å²) < 4.78 is 5.41. The number of aromatic nitrogens is 2. The number of ether oxygens (including phenoxy) is 1. The van der Waals surface area contributed by atoms with Crippen molar-refractivity contribution in [2.24, 2.45) is 0 Å². The van der Waals surface area contributed by atoms with Crippen LogP contribution in [-0.4, -0.2) is 36.3 Å². The highest BCUT2D eigenvalue weighted by Crippen LogP contribution is 2.15. The lowest BCUT2D eigenvalue weighted by atomic mass is 10.1. The van der Waals surface area contributed by atoms with Crippen molar-refractivity contribution in [3.05, 3.63) is 18.0 Å². The van der Waals surface area contributed by atoms with E-state index in [9.17, 15) is 0 Å². The lowest BCUT2D eigenvalue weighted by Gasteiger charge is -2.19. The van der Waals surface area contributed by atoms with E-state index in [-0.39, 0.29) is 0 Å². The van der Waals surface area contributed by atoms with Gasteiger partial charge in [0, 0.05) is 32.1 Å². The number of rotatable bonds is 2. The van der Waals surface area contributed by atoms with Crippen LogP contribution in [0.1, 0.15) is 31.7 Å². The van der Waals surface area contributed by atoms with Crippen LogP contribution >= 0.6 is 0 Å². The topological polar surface area (TPSA) is 38.2 Å². The van der Waals surface area contributed by atoms with Crippen LogP contribution < -0.4 is 4.90 Å². The molecular weight excluding hydrogens is 202 g/mol. The number of hydrogen-bond donors (Lipinski definition) is 0. The van der Waals surface area contributed by atoms with Crippen LogP contribution in [0.25, 0.3) is 0 Å². The van der Waals surface area contributed by atoms with E-state index in [2.05, 4.69) is 28.7 Å². The first kappa shape index (κ1) is 11.3. The molecule has 0 atom stereocenters. The van der Waals surface area contributed by atoms with Crippen LogP contribution in [0, 0.1) is 0 Å². The Morgan fingerprint density at radius 2 is 1.94 bits per heavy atom. The second kappa shape index (κ2) is 5.25. The quantitative estimate of drug-likeness (QED) is 0.763. The maximum atomic E-state index is 5.41. The molecule has 1 aliphatic rings. The summed E-state index contributed by atoms with van der Waals surface area (Å²) in [6.07, 6.45) is 4.91. The van der Waals surface area contributed by atoms with Crippen molar-refractivity contribution in [2.45, 2.75) is 26.2 Å². The molecule has 0 spiro atoms. The normalized spacial score (nSPS) is 17.6. The van der Waals surface area contributed by atoms with Gasteiger partial charge < -0.3 is 9.64 Å². The first-order valence-corrected chi connectivity index (χ1v) is 5.92. The summed E-state index contributed by atoms with van der Waals surface area (Å²) in [5, 5.41) is 0. The van der Waals surface area contributed by atoms with Gasteiger partial charge in [-0.3, -0.25) is 0 Å². The molecule has 1 saturated heterocycles. The molecule has 0 amide bonds. The average molecular weight is 221 g/mol. The van der Waals surface area contributed by atoms with Gasteiger partial charge in [0.1, 0.15) is 0 Å². The zero-order chi connectivity index (χ0) is 11.4. The molecule has 88 valence electrons. The highest BCUT2D eigenvalue weighted by molar-refractivity contribution is 5.30. The Bertz CT molecular complexity index is 316. The van der Waals surface area contributed by atoms with E-state index < -0.39 is 0 Å². The van der Waals surface area contributed by atoms with E-state index in [1.54, 1.807) is 0 Å². The molecule has 0 N–H and O–H groups in total. The predicted octanol–water partition coefficient (Wildman–Crippen LogP) is 1.83. The monoisotopic (exact) mass is 221 g/mol. The van der Waals surface area contributed by atoms with E-state index in [1.807, 2.05) is 12.4 Å². The first-order chi connectivity index (χ1) is 7.77. The van der Waals surface area contributed by atoms with Crippen molar-refractivity contribution in [3.8, 4) is 0 Å². The molecular formula is C12H19N3O. The Hall–Kier alpha value is -1.16. The molecule has 1 aliphatic heterocycles.